The Kier molecular flexibility index (Phi) is 6.08. The van der Waals surface area contributed by atoms with Crippen molar-refractivity contribution in [1.82, 2.24) is 9.88 Å². The Morgan fingerprint density at radius 2 is 2.00 bits per heavy atom. The first-order valence-corrected chi connectivity index (χ1v) is 7.36. The fourth-order valence-corrected chi connectivity index (χ4v) is 2.20. The Bertz CT molecular complexity index is 363. The fraction of sp³-hybridized carbons (Fsp3) is 0.750. The van der Waals surface area contributed by atoms with E-state index in [9.17, 15) is 0 Å². The van der Waals surface area contributed by atoms with Crippen molar-refractivity contribution in [3.63, 3.8) is 0 Å². The average molecular weight is 266 g/mol. The Balaban J connectivity index is 2.55. The molecule has 0 spiro atoms. The van der Waals surface area contributed by atoms with Crippen LogP contribution >= 0.6 is 0 Å². The Morgan fingerprint density at radius 3 is 2.53 bits per heavy atom. The van der Waals surface area contributed by atoms with Crippen molar-refractivity contribution in [2.24, 2.45) is 5.92 Å². The minimum Gasteiger partial charge on any atom is -0.374 e. The van der Waals surface area contributed by atoms with Crippen molar-refractivity contribution < 1.29 is 4.74 Å². The molecular formula is C16H30N2O. The van der Waals surface area contributed by atoms with Gasteiger partial charge in [-0.25, -0.2) is 0 Å². The highest BCUT2D eigenvalue weighted by molar-refractivity contribution is 5.16. The summed E-state index contributed by atoms with van der Waals surface area (Å²) in [5.74, 6) is 0.599. The van der Waals surface area contributed by atoms with Crippen LogP contribution in [-0.2, 0) is 11.3 Å². The number of ether oxygens (including phenoxy) is 1. The van der Waals surface area contributed by atoms with Crippen LogP contribution in [-0.4, -0.2) is 23.3 Å². The zero-order chi connectivity index (χ0) is 14.5. The van der Waals surface area contributed by atoms with Crippen LogP contribution in [0.15, 0.2) is 18.5 Å². The van der Waals surface area contributed by atoms with E-state index in [2.05, 4.69) is 69.9 Å². The predicted octanol–water partition coefficient (Wildman–Crippen LogP) is 3.61. The summed E-state index contributed by atoms with van der Waals surface area (Å²) in [4.78, 5) is 0. The summed E-state index contributed by atoms with van der Waals surface area (Å²) < 4.78 is 7.98. The first-order valence-electron chi connectivity index (χ1n) is 7.36. The van der Waals surface area contributed by atoms with Gasteiger partial charge in [-0.1, -0.05) is 20.8 Å². The molecule has 1 aromatic rings. The summed E-state index contributed by atoms with van der Waals surface area (Å²) in [7, 11) is 0. The lowest BCUT2D eigenvalue weighted by Crippen LogP contribution is -2.25. The van der Waals surface area contributed by atoms with E-state index in [4.69, 9.17) is 4.74 Å². The Hall–Kier alpha value is -0.800. The molecule has 1 N–H and O–H groups in total. The lowest BCUT2D eigenvalue weighted by atomic mass is 9.98. The minimum absolute atomic E-state index is 0.0553. The summed E-state index contributed by atoms with van der Waals surface area (Å²) in [5, 5.41) is 3.55. The summed E-state index contributed by atoms with van der Waals surface area (Å²) >= 11 is 0. The second-order valence-electron chi connectivity index (χ2n) is 6.42. The van der Waals surface area contributed by atoms with Crippen LogP contribution < -0.4 is 5.32 Å². The normalized spacial score (nSPS) is 14.1. The van der Waals surface area contributed by atoms with Gasteiger partial charge < -0.3 is 14.6 Å². The third kappa shape index (κ3) is 5.79. The molecule has 0 fully saturated rings. The Morgan fingerprint density at radius 1 is 1.32 bits per heavy atom. The SMILES string of the molecule is CCNC(c1ccn(CCOC(C)(C)C)c1)C(C)C. The van der Waals surface area contributed by atoms with Crippen LogP contribution in [0, 0.1) is 5.92 Å². The molecule has 0 aliphatic rings. The van der Waals surface area contributed by atoms with Gasteiger partial charge in [0.05, 0.1) is 12.2 Å². The largest absolute Gasteiger partial charge is 0.374 e. The number of rotatable bonds is 7. The number of nitrogens with zero attached hydrogens (tertiary/aromatic N) is 1. The van der Waals surface area contributed by atoms with Crippen molar-refractivity contribution in [3.05, 3.63) is 24.0 Å². The van der Waals surface area contributed by atoms with Crippen LogP contribution in [0.1, 0.15) is 53.1 Å². The van der Waals surface area contributed by atoms with Gasteiger partial charge in [-0.15, -0.1) is 0 Å². The number of nitrogens with one attached hydrogen (secondary N) is 1. The van der Waals surface area contributed by atoms with Crippen molar-refractivity contribution in [2.45, 2.75) is 59.7 Å². The lowest BCUT2D eigenvalue weighted by Gasteiger charge is -2.21. The molecule has 1 aromatic heterocycles. The van der Waals surface area contributed by atoms with E-state index >= 15 is 0 Å². The van der Waals surface area contributed by atoms with Crippen LogP contribution in [0.25, 0.3) is 0 Å². The summed E-state index contributed by atoms with van der Waals surface area (Å²) in [6.45, 7) is 15.6. The molecule has 3 nitrogen and oxygen atoms in total. The third-order valence-corrected chi connectivity index (χ3v) is 3.11. The molecule has 1 heterocycles. The first-order chi connectivity index (χ1) is 8.83. The van der Waals surface area contributed by atoms with Gasteiger partial charge in [0.15, 0.2) is 0 Å². The highest BCUT2D eigenvalue weighted by atomic mass is 16.5. The van der Waals surface area contributed by atoms with Gasteiger partial charge in [-0.05, 0) is 44.9 Å². The number of aromatic nitrogens is 1. The van der Waals surface area contributed by atoms with Gasteiger partial charge in [0, 0.05) is 25.0 Å². The molecule has 0 aliphatic heterocycles. The van der Waals surface area contributed by atoms with Gasteiger partial charge in [-0.3, -0.25) is 0 Å². The molecule has 0 aliphatic carbocycles. The second-order valence-corrected chi connectivity index (χ2v) is 6.42. The second kappa shape index (κ2) is 7.11. The highest BCUT2D eigenvalue weighted by Gasteiger charge is 2.15. The highest BCUT2D eigenvalue weighted by Crippen LogP contribution is 2.21. The predicted molar refractivity (Wildman–Crippen MR) is 81.4 cm³/mol. The van der Waals surface area contributed by atoms with Gasteiger partial charge in [0.2, 0.25) is 0 Å². The standard InChI is InChI=1S/C16H30N2O/c1-7-17-15(13(2)3)14-8-9-18(12-14)10-11-19-16(4,5)6/h8-9,12-13,15,17H,7,10-11H2,1-6H3. The van der Waals surface area contributed by atoms with Crippen LogP contribution in [0.3, 0.4) is 0 Å². The maximum absolute atomic E-state index is 5.76. The van der Waals surface area contributed by atoms with E-state index in [0.29, 0.717) is 12.0 Å². The molecule has 0 saturated heterocycles. The zero-order valence-electron chi connectivity index (χ0n) is 13.4. The summed E-state index contributed by atoms with van der Waals surface area (Å²) in [6.07, 6.45) is 4.38. The zero-order valence-corrected chi connectivity index (χ0v) is 13.4. The van der Waals surface area contributed by atoms with Crippen molar-refractivity contribution >= 4 is 0 Å². The van der Waals surface area contributed by atoms with E-state index in [1.807, 2.05) is 0 Å². The van der Waals surface area contributed by atoms with Crippen molar-refractivity contribution in [2.75, 3.05) is 13.2 Å². The van der Waals surface area contributed by atoms with E-state index in [1.54, 1.807) is 0 Å². The molecule has 0 saturated carbocycles. The molecule has 0 amide bonds. The smallest absolute Gasteiger partial charge is 0.0652 e. The first kappa shape index (κ1) is 16.3. The van der Waals surface area contributed by atoms with Crippen LogP contribution in [0.2, 0.25) is 0 Å². The molecule has 19 heavy (non-hydrogen) atoms. The maximum atomic E-state index is 5.76. The van der Waals surface area contributed by atoms with Crippen molar-refractivity contribution in [1.29, 1.82) is 0 Å². The average Bonchev–Trinajstić information content (AvgIpc) is 2.72. The monoisotopic (exact) mass is 266 g/mol. The molecule has 1 atom stereocenters. The van der Waals surface area contributed by atoms with E-state index in [0.717, 1.165) is 19.7 Å². The van der Waals surface area contributed by atoms with Gasteiger partial charge in [-0.2, -0.15) is 0 Å². The molecule has 3 heteroatoms. The van der Waals surface area contributed by atoms with Gasteiger partial charge in [0.1, 0.15) is 0 Å². The van der Waals surface area contributed by atoms with E-state index < -0.39 is 0 Å². The topological polar surface area (TPSA) is 26.2 Å². The fourth-order valence-electron chi connectivity index (χ4n) is 2.20. The minimum atomic E-state index is -0.0553. The molecular weight excluding hydrogens is 236 g/mol. The summed E-state index contributed by atoms with van der Waals surface area (Å²) in [6, 6.07) is 2.65. The molecule has 0 aromatic carbocycles. The van der Waals surface area contributed by atoms with Gasteiger partial charge >= 0.3 is 0 Å². The molecule has 1 unspecified atom stereocenters. The van der Waals surface area contributed by atoms with Crippen LogP contribution in [0.4, 0.5) is 0 Å². The van der Waals surface area contributed by atoms with Gasteiger partial charge in [0.25, 0.3) is 0 Å². The molecule has 0 radical (unpaired) electrons. The maximum Gasteiger partial charge on any atom is 0.0652 e. The quantitative estimate of drug-likeness (QED) is 0.816. The molecule has 110 valence electrons. The van der Waals surface area contributed by atoms with Crippen LogP contribution in [0.5, 0.6) is 0 Å². The number of hydrogen-bond acceptors (Lipinski definition) is 2. The lowest BCUT2D eigenvalue weighted by molar-refractivity contribution is -0.00680. The molecule has 1 rings (SSSR count). The number of hydrogen-bond donors (Lipinski definition) is 1. The van der Waals surface area contributed by atoms with E-state index in [1.165, 1.54) is 5.56 Å². The third-order valence-electron chi connectivity index (χ3n) is 3.11. The van der Waals surface area contributed by atoms with Crippen molar-refractivity contribution in [3.8, 4) is 0 Å². The molecule has 0 bridgehead atoms. The van der Waals surface area contributed by atoms with E-state index in [-0.39, 0.29) is 5.60 Å². The summed E-state index contributed by atoms with van der Waals surface area (Å²) in [5.41, 5.74) is 1.31. The Labute approximate surface area is 118 Å².